The van der Waals surface area contributed by atoms with E-state index in [2.05, 4.69) is 34.5 Å². The number of hydrogen-bond acceptors (Lipinski definition) is 4. The van der Waals surface area contributed by atoms with Crippen LogP contribution in [0.25, 0.3) is 0 Å². The first-order valence-electron chi connectivity index (χ1n) is 10.1. The Morgan fingerprint density at radius 3 is 2.59 bits per heavy atom. The molecule has 2 amide bonds. The van der Waals surface area contributed by atoms with E-state index in [1.807, 2.05) is 18.7 Å². The molecule has 2 aliphatic heterocycles. The number of amides is 2. The van der Waals surface area contributed by atoms with Gasteiger partial charge in [-0.15, -0.1) is 0 Å². The van der Waals surface area contributed by atoms with Crippen LogP contribution in [0.4, 0.5) is 5.69 Å². The third kappa shape index (κ3) is 4.80. The van der Waals surface area contributed by atoms with Gasteiger partial charge in [0.2, 0.25) is 11.8 Å². The van der Waals surface area contributed by atoms with E-state index in [0.29, 0.717) is 5.92 Å². The Labute approximate surface area is 162 Å². The molecule has 148 valence electrons. The Kier molecular flexibility index (Phi) is 6.37. The van der Waals surface area contributed by atoms with Crippen LogP contribution in [0.15, 0.2) is 24.3 Å². The topological polar surface area (TPSA) is 78.7 Å². The second-order valence-corrected chi connectivity index (χ2v) is 8.14. The predicted molar refractivity (Wildman–Crippen MR) is 107 cm³/mol. The van der Waals surface area contributed by atoms with Gasteiger partial charge in [-0.25, -0.2) is 0 Å². The molecule has 0 saturated carbocycles. The van der Waals surface area contributed by atoms with E-state index in [0.717, 1.165) is 45.4 Å². The van der Waals surface area contributed by atoms with E-state index >= 15 is 0 Å². The van der Waals surface area contributed by atoms with Crippen LogP contribution in [0.5, 0.6) is 0 Å². The number of piperidine rings is 1. The molecule has 1 aromatic carbocycles. The normalized spacial score (nSPS) is 18.5. The molecule has 3 rings (SSSR count). The number of para-hydroxylation sites is 1. The molecule has 6 nitrogen and oxygen atoms in total. The van der Waals surface area contributed by atoms with Crippen LogP contribution in [0.2, 0.25) is 0 Å². The van der Waals surface area contributed by atoms with Crippen LogP contribution in [-0.4, -0.2) is 55.5 Å². The summed E-state index contributed by atoms with van der Waals surface area (Å²) in [5, 5.41) is 2.68. The Bertz CT molecular complexity index is 668. The summed E-state index contributed by atoms with van der Waals surface area (Å²) in [6.45, 7) is 7.55. The predicted octanol–water partition coefficient (Wildman–Crippen LogP) is 1.39. The van der Waals surface area contributed by atoms with Crippen molar-refractivity contribution in [3.8, 4) is 0 Å². The lowest BCUT2D eigenvalue weighted by molar-refractivity contribution is -0.134. The highest BCUT2D eigenvalue weighted by Crippen LogP contribution is 2.30. The lowest BCUT2D eigenvalue weighted by Gasteiger charge is -2.34. The van der Waals surface area contributed by atoms with Crippen molar-refractivity contribution < 1.29 is 9.59 Å². The summed E-state index contributed by atoms with van der Waals surface area (Å²) >= 11 is 0. The molecule has 0 bridgehead atoms. The fourth-order valence-electron chi connectivity index (χ4n) is 3.97. The maximum Gasteiger partial charge on any atom is 0.241 e. The van der Waals surface area contributed by atoms with Gasteiger partial charge in [-0.1, -0.05) is 32.0 Å². The van der Waals surface area contributed by atoms with Crippen molar-refractivity contribution in [1.29, 1.82) is 0 Å². The average Bonchev–Trinajstić information content (AvgIpc) is 3.08. The molecule has 6 heteroatoms. The molecule has 0 aliphatic carbocycles. The van der Waals surface area contributed by atoms with Gasteiger partial charge in [0.15, 0.2) is 0 Å². The van der Waals surface area contributed by atoms with E-state index in [9.17, 15) is 9.59 Å². The summed E-state index contributed by atoms with van der Waals surface area (Å²) in [7, 11) is 0. The van der Waals surface area contributed by atoms with Gasteiger partial charge in [-0.2, -0.15) is 0 Å². The molecule has 27 heavy (non-hydrogen) atoms. The third-order valence-corrected chi connectivity index (χ3v) is 5.86. The van der Waals surface area contributed by atoms with Gasteiger partial charge in [-0.05, 0) is 42.7 Å². The molecule has 1 saturated heterocycles. The van der Waals surface area contributed by atoms with Crippen LogP contribution >= 0.6 is 0 Å². The highest BCUT2D eigenvalue weighted by molar-refractivity contribution is 5.87. The molecular formula is C21H32N4O2. The summed E-state index contributed by atoms with van der Waals surface area (Å²) in [5.74, 6) is 0.418. The maximum atomic E-state index is 12.4. The zero-order valence-electron chi connectivity index (χ0n) is 16.5. The molecular weight excluding hydrogens is 340 g/mol. The third-order valence-electron chi connectivity index (χ3n) is 5.86. The molecule has 0 radical (unpaired) electrons. The molecule has 2 heterocycles. The van der Waals surface area contributed by atoms with Crippen molar-refractivity contribution in [2.75, 3.05) is 37.6 Å². The number of fused-ring (bicyclic) bond motifs is 1. The van der Waals surface area contributed by atoms with Gasteiger partial charge in [0.1, 0.15) is 0 Å². The number of likely N-dealkylation sites (tertiary alicyclic amines) is 1. The van der Waals surface area contributed by atoms with Crippen LogP contribution in [0.3, 0.4) is 0 Å². The van der Waals surface area contributed by atoms with E-state index in [-0.39, 0.29) is 24.3 Å². The number of carbonyl (C=O) groups is 2. The largest absolute Gasteiger partial charge is 0.371 e. The molecule has 2 aliphatic rings. The minimum atomic E-state index is -0.563. The van der Waals surface area contributed by atoms with Crippen molar-refractivity contribution in [3.63, 3.8) is 0 Å². The Morgan fingerprint density at radius 2 is 1.89 bits per heavy atom. The summed E-state index contributed by atoms with van der Waals surface area (Å²) in [4.78, 5) is 28.6. The van der Waals surface area contributed by atoms with Crippen molar-refractivity contribution in [2.45, 2.75) is 39.2 Å². The summed E-state index contributed by atoms with van der Waals surface area (Å²) in [5.41, 5.74) is 8.63. The Hall–Kier alpha value is -2.08. The summed E-state index contributed by atoms with van der Waals surface area (Å²) < 4.78 is 0. The zero-order chi connectivity index (χ0) is 19.4. The van der Waals surface area contributed by atoms with Crippen LogP contribution < -0.4 is 16.0 Å². The summed E-state index contributed by atoms with van der Waals surface area (Å²) in [6, 6.07) is 8.09. The number of rotatable bonds is 6. The SMILES string of the molecule is CC(C)[C@H](N)C(=O)NCC(=O)N1CCC(CN2CCc3ccccc32)CC1. The van der Waals surface area contributed by atoms with E-state index in [4.69, 9.17) is 5.73 Å². The smallest absolute Gasteiger partial charge is 0.241 e. The Balaban J connectivity index is 1.41. The molecule has 3 N–H and O–H groups in total. The van der Waals surface area contributed by atoms with Gasteiger partial charge in [-0.3, -0.25) is 9.59 Å². The monoisotopic (exact) mass is 372 g/mol. The van der Waals surface area contributed by atoms with Gasteiger partial charge in [0, 0.05) is 31.9 Å². The van der Waals surface area contributed by atoms with Crippen LogP contribution in [0, 0.1) is 11.8 Å². The maximum absolute atomic E-state index is 12.4. The standard InChI is InChI=1S/C21H32N4O2/c1-15(2)20(22)21(27)23-13-19(26)24-10-7-16(8-11-24)14-25-12-9-17-5-3-4-6-18(17)25/h3-6,15-16,20H,7-14,22H2,1-2H3,(H,23,27)/t20-/m0/s1. The quantitative estimate of drug-likeness (QED) is 0.791. The second kappa shape index (κ2) is 8.74. The second-order valence-electron chi connectivity index (χ2n) is 8.14. The van der Waals surface area contributed by atoms with Crippen molar-refractivity contribution in [1.82, 2.24) is 10.2 Å². The van der Waals surface area contributed by atoms with E-state index in [1.165, 1.54) is 11.3 Å². The number of nitrogens with one attached hydrogen (secondary N) is 1. The fourth-order valence-corrected chi connectivity index (χ4v) is 3.97. The van der Waals surface area contributed by atoms with Crippen LogP contribution in [0.1, 0.15) is 32.3 Å². The average molecular weight is 373 g/mol. The molecule has 1 aromatic rings. The van der Waals surface area contributed by atoms with Crippen molar-refractivity contribution >= 4 is 17.5 Å². The first-order chi connectivity index (χ1) is 13.0. The molecule has 1 fully saturated rings. The van der Waals surface area contributed by atoms with Crippen molar-refractivity contribution in [2.24, 2.45) is 17.6 Å². The van der Waals surface area contributed by atoms with Gasteiger partial charge >= 0.3 is 0 Å². The summed E-state index contributed by atoms with van der Waals surface area (Å²) in [6.07, 6.45) is 3.17. The molecule has 0 unspecified atom stereocenters. The highest BCUT2D eigenvalue weighted by Gasteiger charge is 2.27. The lowest BCUT2D eigenvalue weighted by atomic mass is 9.96. The number of nitrogens with two attached hydrogens (primary N) is 1. The van der Waals surface area contributed by atoms with Crippen LogP contribution in [-0.2, 0) is 16.0 Å². The van der Waals surface area contributed by atoms with E-state index in [1.54, 1.807) is 0 Å². The molecule has 0 aromatic heterocycles. The number of anilines is 1. The van der Waals surface area contributed by atoms with Gasteiger partial charge in [0.05, 0.1) is 12.6 Å². The Morgan fingerprint density at radius 1 is 1.19 bits per heavy atom. The van der Waals surface area contributed by atoms with Crippen molar-refractivity contribution in [3.05, 3.63) is 29.8 Å². The molecule has 1 atom stereocenters. The minimum absolute atomic E-state index is 0.00993. The number of hydrogen-bond donors (Lipinski definition) is 2. The number of nitrogens with zero attached hydrogens (tertiary/aromatic N) is 2. The van der Waals surface area contributed by atoms with E-state index < -0.39 is 6.04 Å². The lowest BCUT2D eigenvalue weighted by Crippen LogP contribution is -2.49. The minimum Gasteiger partial charge on any atom is -0.371 e. The fraction of sp³-hybridized carbons (Fsp3) is 0.619. The van der Waals surface area contributed by atoms with Gasteiger partial charge < -0.3 is 20.9 Å². The highest BCUT2D eigenvalue weighted by atomic mass is 16.2. The zero-order valence-corrected chi connectivity index (χ0v) is 16.5. The number of carbonyl (C=O) groups excluding carboxylic acids is 2. The number of benzene rings is 1. The van der Waals surface area contributed by atoms with Gasteiger partial charge in [0.25, 0.3) is 0 Å². The first-order valence-corrected chi connectivity index (χ1v) is 10.1. The first kappa shape index (κ1) is 19.7. The molecule has 0 spiro atoms.